The zero-order valence-electron chi connectivity index (χ0n) is 20.7. The largest absolute Gasteiger partial charge is 0.466 e. The Morgan fingerprint density at radius 3 is 2.50 bits per heavy atom. The number of hydrogen-bond acceptors (Lipinski definition) is 5. The highest BCUT2D eigenvalue weighted by atomic mass is 16.5. The fourth-order valence-corrected chi connectivity index (χ4v) is 6.16. The Balaban J connectivity index is 1.43. The Hall–Kier alpha value is -2.18. The van der Waals surface area contributed by atoms with Crippen molar-refractivity contribution < 1.29 is 9.53 Å². The SMILES string of the molecule is CCOC(=O)C1CCCN(Cc2cc3cc4c(cc3n(CCN3CCCCC3)c2=O)CCC4)C1. The number of hydrogen-bond donors (Lipinski definition) is 0. The van der Waals surface area contributed by atoms with Crippen molar-refractivity contribution in [2.24, 2.45) is 5.92 Å². The minimum atomic E-state index is -0.0970. The van der Waals surface area contributed by atoms with E-state index < -0.39 is 0 Å². The molecular weight excluding hydrogens is 426 g/mol. The standard InChI is InChI=1S/C28H39N3O3/c1-2-34-28(33)23-10-7-13-30(19-23)20-25-17-24-16-21-8-6-9-22(21)18-26(24)31(27(25)32)15-14-29-11-4-3-5-12-29/h16-18,23H,2-15,19-20H2,1H3. The van der Waals surface area contributed by atoms with Crippen molar-refractivity contribution in [2.75, 3.05) is 39.3 Å². The van der Waals surface area contributed by atoms with E-state index in [0.29, 0.717) is 19.7 Å². The molecule has 6 heteroatoms. The number of carbonyl (C=O) groups excluding carboxylic acids is 1. The van der Waals surface area contributed by atoms with E-state index >= 15 is 0 Å². The second-order valence-corrected chi connectivity index (χ2v) is 10.4. The van der Waals surface area contributed by atoms with Crippen molar-refractivity contribution >= 4 is 16.9 Å². The first kappa shape index (κ1) is 23.6. The predicted octanol–water partition coefficient (Wildman–Crippen LogP) is 3.75. The smallest absolute Gasteiger partial charge is 0.310 e. The van der Waals surface area contributed by atoms with Crippen molar-refractivity contribution in [1.29, 1.82) is 0 Å². The lowest BCUT2D eigenvalue weighted by Crippen LogP contribution is -2.41. The molecule has 0 N–H and O–H groups in total. The number of ether oxygens (including phenoxy) is 1. The first-order chi connectivity index (χ1) is 16.6. The number of fused-ring (bicyclic) bond motifs is 2. The molecule has 2 fully saturated rings. The van der Waals surface area contributed by atoms with Gasteiger partial charge in [-0.3, -0.25) is 14.5 Å². The Bertz CT molecular complexity index is 1090. The summed E-state index contributed by atoms with van der Waals surface area (Å²) < 4.78 is 7.32. The molecule has 3 aliphatic rings. The summed E-state index contributed by atoms with van der Waals surface area (Å²) in [6.45, 7) is 8.45. The van der Waals surface area contributed by atoms with Crippen molar-refractivity contribution in [1.82, 2.24) is 14.4 Å². The highest BCUT2D eigenvalue weighted by Gasteiger charge is 2.27. The van der Waals surface area contributed by atoms with Crippen LogP contribution in [0.1, 0.15) is 62.1 Å². The summed E-state index contributed by atoms with van der Waals surface area (Å²) >= 11 is 0. The molecule has 34 heavy (non-hydrogen) atoms. The van der Waals surface area contributed by atoms with Crippen LogP contribution in [0.25, 0.3) is 10.9 Å². The third-order valence-corrected chi connectivity index (χ3v) is 7.99. The second kappa shape index (κ2) is 10.6. The van der Waals surface area contributed by atoms with Crippen molar-refractivity contribution in [2.45, 2.75) is 71.4 Å². The van der Waals surface area contributed by atoms with Gasteiger partial charge in [0.15, 0.2) is 0 Å². The highest BCUT2D eigenvalue weighted by Crippen LogP contribution is 2.28. The highest BCUT2D eigenvalue weighted by molar-refractivity contribution is 5.82. The van der Waals surface area contributed by atoms with Gasteiger partial charge in [0, 0.05) is 31.7 Å². The molecule has 1 atom stereocenters. The van der Waals surface area contributed by atoms with Crippen LogP contribution in [0.2, 0.25) is 0 Å². The number of rotatable bonds is 7. The van der Waals surface area contributed by atoms with E-state index in [0.717, 1.165) is 69.5 Å². The number of esters is 1. The molecule has 2 saturated heterocycles. The van der Waals surface area contributed by atoms with Crippen LogP contribution < -0.4 is 5.56 Å². The molecule has 0 bridgehead atoms. The van der Waals surface area contributed by atoms with Gasteiger partial charge >= 0.3 is 5.97 Å². The molecule has 1 aliphatic carbocycles. The van der Waals surface area contributed by atoms with Crippen LogP contribution in [0, 0.1) is 5.92 Å². The van der Waals surface area contributed by atoms with E-state index in [2.05, 4.69) is 28.0 Å². The van der Waals surface area contributed by atoms with E-state index in [1.807, 2.05) is 11.5 Å². The molecule has 2 aliphatic heterocycles. The third kappa shape index (κ3) is 5.08. The normalized spacial score (nSPS) is 21.6. The topological polar surface area (TPSA) is 54.8 Å². The van der Waals surface area contributed by atoms with E-state index in [1.165, 1.54) is 42.2 Å². The molecule has 184 valence electrons. The number of likely N-dealkylation sites (tertiary alicyclic amines) is 2. The summed E-state index contributed by atoms with van der Waals surface area (Å²) in [5, 5.41) is 1.19. The van der Waals surface area contributed by atoms with Crippen molar-refractivity contribution in [3.63, 3.8) is 0 Å². The number of nitrogens with zero attached hydrogens (tertiary/aromatic N) is 3. The average Bonchev–Trinajstić information content (AvgIpc) is 3.31. The van der Waals surface area contributed by atoms with Gasteiger partial charge in [-0.2, -0.15) is 0 Å². The molecule has 0 radical (unpaired) electrons. The Morgan fingerprint density at radius 1 is 0.941 bits per heavy atom. The van der Waals surface area contributed by atoms with Crippen LogP contribution in [0.15, 0.2) is 23.0 Å². The van der Waals surface area contributed by atoms with Gasteiger partial charge in [-0.1, -0.05) is 6.42 Å². The van der Waals surface area contributed by atoms with E-state index in [9.17, 15) is 9.59 Å². The summed E-state index contributed by atoms with van der Waals surface area (Å²) in [4.78, 5) is 30.9. The van der Waals surface area contributed by atoms with Gasteiger partial charge in [0.2, 0.25) is 0 Å². The molecule has 3 heterocycles. The number of pyridine rings is 1. The third-order valence-electron chi connectivity index (χ3n) is 7.99. The van der Waals surface area contributed by atoms with Gasteiger partial charge in [-0.25, -0.2) is 0 Å². The Morgan fingerprint density at radius 2 is 1.71 bits per heavy atom. The van der Waals surface area contributed by atoms with Gasteiger partial charge in [0.05, 0.1) is 18.0 Å². The lowest BCUT2D eigenvalue weighted by atomic mass is 9.97. The fourth-order valence-electron chi connectivity index (χ4n) is 6.16. The quantitative estimate of drug-likeness (QED) is 0.583. The molecular formula is C28H39N3O3. The molecule has 1 unspecified atom stereocenters. The second-order valence-electron chi connectivity index (χ2n) is 10.4. The predicted molar refractivity (Wildman–Crippen MR) is 135 cm³/mol. The van der Waals surface area contributed by atoms with Crippen LogP contribution in [0.5, 0.6) is 0 Å². The summed E-state index contributed by atoms with van der Waals surface area (Å²) in [6.07, 6.45) is 9.16. The van der Waals surface area contributed by atoms with Gasteiger partial charge in [-0.05, 0) is 106 Å². The maximum absolute atomic E-state index is 13.8. The van der Waals surface area contributed by atoms with Crippen LogP contribution in [0.4, 0.5) is 0 Å². The van der Waals surface area contributed by atoms with Gasteiger partial charge in [0.1, 0.15) is 0 Å². The Labute approximate surface area is 202 Å². The zero-order chi connectivity index (χ0) is 23.5. The lowest BCUT2D eigenvalue weighted by molar-refractivity contribution is -0.150. The summed E-state index contributed by atoms with van der Waals surface area (Å²) in [7, 11) is 0. The molecule has 0 spiro atoms. The van der Waals surface area contributed by atoms with E-state index in [1.54, 1.807) is 0 Å². The van der Waals surface area contributed by atoms with Crippen LogP contribution in [0.3, 0.4) is 0 Å². The number of benzene rings is 1. The minimum Gasteiger partial charge on any atom is -0.466 e. The maximum Gasteiger partial charge on any atom is 0.310 e. The maximum atomic E-state index is 13.8. The average molecular weight is 466 g/mol. The summed E-state index contributed by atoms with van der Waals surface area (Å²) in [6, 6.07) is 6.74. The summed E-state index contributed by atoms with van der Waals surface area (Å²) in [5.74, 6) is -0.182. The van der Waals surface area contributed by atoms with Crippen LogP contribution >= 0.6 is 0 Å². The van der Waals surface area contributed by atoms with Gasteiger partial charge < -0.3 is 14.2 Å². The van der Waals surface area contributed by atoms with Gasteiger partial charge in [0.25, 0.3) is 5.56 Å². The fraction of sp³-hybridized carbons (Fsp3) is 0.643. The number of aromatic nitrogens is 1. The van der Waals surface area contributed by atoms with Crippen molar-refractivity contribution in [3.05, 3.63) is 45.2 Å². The molecule has 5 rings (SSSR count). The number of carbonyl (C=O) groups is 1. The van der Waals surface area contributed by atoms with Crippen molar-refractivity contribution in [3.8, 4) is 0 Å². The van der Waals surface area contributed by atoms with E-state index in [-0.39, 0.29) is 17.4 Å². The lowest BCUT2D eigenvalue weighted by Gasteiger charge is -2.31. The molecule has 1 aromatic carbocycles. The van der Waals surface area contributed by atoms with Crippen LogP contribution in [-0.2, 0) is 35.5 Å². The Kier molecular flexibility index (Phi) is 7.35. The first-order valence-electron chi connectivity index (χ1n) is 13.4. The van der Waals surface area contributed by atoms with Crippen LogP contribution in [-0.4, -0.2) is 59.7 Å². The monoisotopic (exact) mass is 465 g/mol. The number of aryl methyl sites for hydroxylation is 2. The molecule has 0 amide bonds. The van der Waals surface area contributed by atoms with E-state index in [4.69, 9.17) is 4.74 Å². The minimum absolute atomic E-state index is 0.0845. The number of piperidine rings is 2. The molecule has 1 aromatic heterocycles. The first-order valence-corrected chi connectivity index (χ1v) is 13.4. The summed E-state index contributed by atoms with van der Waals surface area (Å²) in [5.41, 5.74) is 4.95. The molecule has 2 aromatic rings. The van der Waals surface area contributed by atoms with Gasteiger partial charge in [-0.15, -0.1) is 0 Å². The zero-order valence-corrected chi connectivity index (χ0v) is 20.7. The molecule has 0 saturated carbocycles. The molecule has 6 nitrogen and oxygen atoms in total.